The SMILES string of the molecule is Cc1cccc(CN(C)c2sc([C@H](C)O)cc2[N+](=O)[O-])n1. The molecule has 7 heteroatoms. The monoisotopic (exact) mass is 307 g/mol. The van der Waals surface area contributed by atoms with Crippen molar-refractivity contribution in [2.45, 2.75) is 26.5 Å². The summed E-state index contributed by atoms with van der Waals surface area (Å²) in [6, 6.07) is 7.14. The third-order valence-corrected chi connectivity index (χ3v) is 4.42. The van der Waals surface area contributed by atoms with Crippen LogP contribution in [0.1, 0.15) is 29.3 Å². The van der Waals surface area contributed by atoms with Crippen molar-refractivity contribution in [1.82, 2.24) is 4.98 Å². The standard InChI is InChI=1S/C14H17N3O3S/c1-9-5-4-6-11(15-9)8-16(3)14-12(17(19)20)7-13(21-14)10(2)18/h4-7,10,18H,8H2,1-3H3/t10-/m0/s1. The molecule has 0 aliphatic rings. The number of nitrogens with zero attached hydrogens (tertiary/aromatic N) is 3. The third-order valence-electron chi connectivity index (χ3n) is 3.01. The summed E-state index contributed by atoms with van der Waals surface area (Å²) < 4.78 is 0. The Labute approximate surface area is 126 Å². The van der Waals surface area contributed by atoms with Gasteiger partial charge in [-0.2, -0.15) is 0 Å². The Balaban J connectivity index is 2.29. The molecule has 2 aromatic rings. The second-order valence-corrected chi connectivity index (χ2v) is 5.96. The minimum absolute atomic E-state index is 0.0195. The summed E-state index contributed by atoms with van der Waals surface area (Å²) in [6.07, 6.45) is -0.715. The van der Waals surface area contributed by atoms with Crippen LogP contribution in [0.4, 0.5) is 10.7 Å². The van der Waals surface area contributed by atoms with Crippen molar-refractivity contribution in [2.75, 3.05) is 11.9 Å². The van der Waals surface area contributed by atoms with Crippen LogP contribution in [0, 0.1) is 17.0 Å². The fourth-order valence-corrected chi connectivity index (χ4v) is 3.03. The largest absolute Gasteiger partial charge is 0.388 e. The Morgan fingerprint density at radius 3 is 2.81 bits per heavy atom. The van der Waals surface area contributed by atoms with Gasteiger partial charge in [-0.05, 0) is 26.0 Å². The van der Waals surface area contributed by atoms with Gasteiger partial charge in [0.25, 0.3) is 0 Å². The van der Waals surface area contributed by atoms with Gasteiger partial charge < -0.3 is 10.0 Å². The van der Waals surface area contributed by atoms with E-state index in [9.17, 15) is 15.2 Å². The van der Waals surface area contributed by atoms with Crippen molar-refractivity contribution in [3.63, 3.8) is 0 Å². The number of rotatable bonds is 5. The number of hydrogen-bond acceptors (Lipinski definition) is 6. The number of anilines is 1. The van der Waals surface area contributed by atoms with Crippen molar-refractivity contribution in [3.05, 3.63) is 50.6 Å². The van der Waals surface area contributed by atoms with Gasteiger partial charge in [-0.1, -0.05) is 6.07 Å². The van der Waals surface area contributed by atoms with E-state index >= 15 is 0 Å². The molecular weight excluding hydrogens is 290 g/mol. The van der Waals surface area contributed by atoms with E-state index in [1.165, 1.54) is 17.4 Å². The Morgan fingerprint density at radius 1 is 1.52 bits per heavy atom. The van der Waals surface area contributed by atoms with Gasteiger partial charge >= 0.3 is 5.69 Å². The molecule has 2 heterocycles. The van der Waals surface area contributed by atoms with Crippen LogP contribution >= 0.6 is 11.3 Å². The summed E-state index contributed by atoms with van der Waals surface area (Å²) in [4.78, 5) is 17.5. The molecule has 0 aliphatic heterocycles. The first-order valence-corrected chi connectivity index (χ1v) is 7.30. The number of pyridine rings is 1. The van der Waals surface area contributed by atoms with Crippen molar-refractivity contribution in [2.24, 2.45) is 0 Å². The molecule has 112 valence electrons. The lowest BCUT2D eigenvalue weighted by Gasteiger charge is -2.16. The molecule has 2 rings (SSSR count). The van der Waals surface area contributed by atoms with E-state index in [1.54, 1.807) is 18.9 Å². The molecule has 6 nitrogen and oxygen atoms in total. The van der Waals surface area contributed by atoms with Crippen LogP contribution in [0.25, 0.3) is 0 Å². The zero-order valence-corrected chi connectivity index (χ0v) is 12.9. The van der Waals surface area contributed by atoms with E-state index in [-0.39, 0.29) is 5.69 Å². The predicted molar refractivity (Wildman–Crippen MR) is 82.7 cm³/mol. The molecule has 0 spiro atoms. The van der Waals surface area contributed by atoms with E-state index in [0.29, 0.717) is 16.4 Å². The fourth-order valence-electron chi connectivity index (χ4n) is 2.00. The van der Waals surface area contributed by atoms with Crippen LogP contribution in [-0.2, 0) is 6.54 Å². The maximum Gasteiger partial charge on any atom is 0.304 e. The Morgan fingerprint density at radius 2 is 2.24 bits per heavy atom. The zero-order chi connectivity index (χ0) is 15.6. The van der Waals surface area contributed by atoms with E-state index in [2.05, 4.69) is 4.98 Å². The molecule has 0 saturated heterocycles. The van der Waals surface area contributed by atoms with Crippen LogP contribution in [0.3, 0.4) is 0 Å². The smallest absolute Gasteiger partial charge is 0.304 e. The quantitative estimate of drug-likeness (QED) is 0.678. The van der Waals surface area contributed by atoms with Crippen LogP contribution in [0.15, 0.2) is 24.3 Å². The van der Waals surface area contributed by atoms with E-state index in [4.69, 9.17) is 0 Å². The highest BCUT2D eigenvalue weighted by Gasteiger charge is 2.24. The first-order valence-electron chi connectivity index (χ1n) is 6.48. The molecule has 1 atom stereocenters. The van der Waals surface area contributed by atoms with Gasteiger partial charge in [0, 0.05) is 23.7 Å². The molecular formula is C14H17N3O3S. The van der Waals surface area contributed by atoms with Crippen molar-refractivity contribution < 1.29 is 10.0 Å². The van der Waals surface area contributed by atoms with Gasteiger partial charge in [-0.15, -0.1) is 11.3 Å². The molecule has 21 heavy (non-hydrogen) atoms. The molecule has 0 radical (unpaired) electrons. The Hall–Kier alpha value is -1.99. The highest BCUT2D eigenvalue weighted by molar-refractivity contribution is 7.16. The summed E-state index contributed by atoms with van der Waals surface area (Å²) in [5.74, 6) is 0. The van der Waals surface area contributed by atoms with Crippen LogP contribution in [0.2, 0.25) is 0 Å². The molecule has 2 aromatic heterocycles. The minimum atomic E-state index is -0.715. The first kappa shape index (κ1) is 15.4. The number of thiophene rings is 1. The van der Waals surface area contributed by atoms with E-state index in [0.717, 1.165) is 11.4 Å². The number of hydrogen-bond donors (Lipinski definition) is 1. The lowest BCUT2D eigenvalue weighted by Crippen LogP contribution is -2.17. The summed E-state index contributed by atoms with van der Waals surface area (Å²) in [7, 11) is 1.79. The molecule has 0 unspecified atom stereocenters. The van der Waals surface area contributed by atoms with Gasteiger partial charge in [0.1, 0.15) is 0 Å². The zero-order valence-electron chi connectivity index (χ0n) is 12.1. The number of aryl methyl sites for hydroxylation is 1. The molecule has 0 saturated carbocycles. The number of aliphatic hydroxyl groups is 1. The summed E-state index contributed by atoms with van der Waals surface area (Å²) in [5.41, 5.74) is 1.77. The fraction of sp³-hybridized carbons (Fsp3) is 0.357. The van der Waals surface area contributed by atoms with Crippen molar-refractivity contribution >= 4 is 22.0 Å². The topological polar surface area (TPSA) is 79.5 Å². The van der Waals surface area contributed by atoms with Crippen molar-refractivity contribution in [1.29, 1.82) is 0 Å². The van der Waals surface area contributed by atoms with Gasteiger partial charge in [0.15, 0.2) is 5.00 Å². The Bertz CT molecular complexity index is 655. The Kier molecular flexibility index (Phi) is 4.54. The van der Waals surface area contributed by atoms with Gasteiger partial charge in [0.2, 0.25) is 0 Å². The minimum Gasteiger partial charge on any atom is -0.388 e. The van der Waals surface area contributed by atoms with Crippen LogP contribution in [0.5, 0.6) is 0 Å². The van der Waals surface area contributed by atoms with E-state index in [1.807, 2.05) is 25.1 Å². The second kappa shape index (κ2) is 6.19. The van der Waals surface area contributed by atoms with E-state index < -0.39 is 11.0 Å². The lowest BCUT2D eigenvalue weighted by atomic mass is 10.3. The van der Waals surface area contributed by atoms with Crippen LogP contribution < -0.4 is 4.90 Å². The molecule has 1 N–H and O–H groups in total. The molecule has 0 amide bonds. The summed E-state index contributed by atoms with van der Waals surface area (Å²) in [5, 5.41) is 21.3. The predicted octanol–water partition coefficient (Wildman–Crippen LogP) is 3.05. The lowest BCUT2D eigenvalue weighted by molar-refractivity contribution is -0.383. The number of aromatic nitrogens is 1. The second-order valence-electron chi connectivity index (χ2n) is 4.90. The average molecular weight is 307 g/mol. The molecule has 0 aromatic carbocycles. The van der Waals surface area contributed by atoms with Crippen molar-refractivity contribution in [3.8, 4) is 0 Å². The summed E-state index contributed by atoms with van der Waals surface area (Å²) >= 11 is 1.23. The molecule has 0 bridgehead atoms. The summed E-state index contributed by atoms with van der Waals surface area (Å²) in [6.45, 7) is 3.98. The normalized spacial score (nSPS) is 12.2. The molecule has 0 aliphatic carbocycles. The number of nitro groups is 1. The average Bonchev–Trinajstić information content (AvgIpc) is 2.84. The third kappa shape index (κ3) is 3.56. The highest BCUT2D eigenvalue weighted by Crippen LogP contribution is 2.39. The highest BCUT2D eigenvalue weighted by atomic mass is 32.1. The number of aliphatic hydroxyl groups excluding tert-OH is 1. The van der Waals surface area contributed by atoms with Gasteiger partial charge in [-0.25, -0.2) is 0 Å². The van der Waals surface area contributed by atoms with Gasteiger partial charge in [-0.3, -0.25) is 15.1 Å². The molecule has 0 fully saturated rings. The maximum absolute atomic E-state index is 11.2. The van der Waals surface area contributed by atoms with Crippen LogP contribution in [-0.4, -0.2) is 22.1 Å². The maximum atomic E-state index is 11.2. The first-order chi connectivity index (χ1) is 9.88. The van der Waals surface area contributed by atoms with Gasteiger partial charge in [0.05, 0.1) is 23.3 Å².